The second-order valence-electron chi connectivity index (χ2n) is 33.8. The highest BCUT2D eigenvalue weighted by Gasteiger charge is 2.33. The van der Waals surface area contributed by atoms with Gasteiger partial charge in [-0.1, -0.05) is 181 Å². The molecular formula is C95H114Br4N20. The Hall–Kier alpha value is -11.1. The van der Waals surface area contributed by atoms with Crippen molar-refractivity contribution < 1.29 is 21.7 Å². The van der Waals surface area contributed by atoms with E-state index < -0.39 is 38.3 Å². The third-order valence-corrected chi connectivity index (χ3v) is 20.8. The lowest BCUT2D eigenvalue weighted by atomic mass is 9.79. The molecule has 0 saturated heterocycles. The SMILES string of the molecule is CC(C)(C)c1cc(Cn2c[n+](N)cn2)cc(C(C)(C)C#N)c1.Cc1cc(C)cc(C)c1.Cc1cc(CBr)cc(CBr)c1.Nn1cnnc1.[Br-].[C-]#[N+]C(C)(C)c1cc(C)cc(C(C)(C)C#N)c1.[C-]#[N+]C(C)(C)c1cc(CBr)cc(C(C)(C)C#N)c1.[C-]#[N+]C(C)(C)c1cc(Cn2cncn2)cc(C(C)(C)C#N)c1.[C-]#[N+]Cc1cc(C)cc(CC#N)c1. The molecule has 119 heavy (non-hydrogen) atoms. The molecule has 4 N–H and O–H groups in total. The van der Waals surface area contributed by atoms with Crippen LogP contribution in [0.3, 0.4) is 0 Å². The zero-order valence-corrected chi connectivity index (χ0v) is 79.6. The average molecular weight is 1860 g/mol. The first-order chi connectivity index (χ1) is 55.0. The zero-order chi connectivity index (χ0) is 89.4. The van der Waals surface area contributed by atoms with E-state index in [1.165, 1.54) is 67.3 Å². The molecule has 0 spiro atoms. The smallest absolute Gasteiger partial charge is 0.286 e. The molecule has 3 aromatic heterocycles. The van der Waals surface area contributed by atoms with Crippen LogP contribution >= 0.6 is 47.8 Å². The summed E-state index contributed by atoms with van der Waals surface area (Å²) in [6.07, 6.45) is 9.70. The van der Waals surface area contributed by atoms with Gasteiger partial charge in [0, 0.05) is 84.9 Å². The van der Waals surface area contributed by atoms with Crippen molar-refractivity contribution in [3.8, 4) is 30.3 Å². The number of aryl methyl sites for hydroxylation is 6. The van der Waals surface area contributed by atoms with Crippen LogP contribution in [0.1, 0.15) is 235 Å². The summed E-state index contributed by atoms with van der Waals surface area (Å²) in [5, 5.41) is 63.5. The lowest BCUT2D eigenvalue weighted by molar-refractivity contribution is -0.639. The van der Waals surface area contributed by atoms with Gasteiger partial charge in [0.05, 0.1) is 65.0 Å². The van der Waals surface area contributed by atoms with Gasteiger partial charge in [0.15, 0.2) is 0 Å². The molecule has 10 rings (SSSR count). The van der Waals surface area contributed by atoms with Crippen LogP contribution in [0.4, 0.5) is 0 Å². The third kappa shape index (κ3) is 34.4. The van der Waals surface area contributed by atoms with E-state index in [9.17, 15) is 21.0 Å². The average Bonchev–Trinajstić information content (AvgIpc) is 1.76. The van der Waals surface area contributed by atoms with Crippen molar-refractivity contribution in [1.29, 1.82) is 26.3 Å². The number of nitriles is 5. The predicted octanol–water partition coefficient (Wildman–Crippen LogP) is 18.7. The Morgan fingerprint density at radius 2 is 0.714 bits per heavy atom. The fourth-order valence-electron chi connectivity index (χ4n) is 11.5. The van der Waals surface area contributed by atoms with E-state index in [0.29, 0.717) is 26.1 Å². The van der Waals surface area contributed by atoms with Gasteiger partial charge >= 0.3 is 0 Å². The molecule has 0 aliphatic rings. The van der Waals surface area contributed by atoms with E-state index in [2.05, 4.69) is 226 Å². The van der Waals surface area contributed by atoms with Gasteiger partial charge in [0.1, 0.15) is 31.9 Å². The number of halogens is 4. The molecule has 0 atom stereocenters. The molecule has 7 aromatic carbocycles. The van der Waals surface area contributed by atoms with Crippen LogP contribution in [0, 0.1) is 124 Å². The Labute approximate surface area is 744 Å². The molecule has 0 unspecified atom stereocenters. The number of benzene rings is 7. The van der Waals surface area contributed by atoms with Crippen molar-refractivity contribution in [3.63, 3.8) is 0 Å². The van der Waals surface area contributed by atoms with Gasteiger partial charge in [-0.05, 0) is 212 Å². The van der Waals surface area contributed by atoms with Crippen molar-refractivity contribution >= 4 is 47.8 Å². The second-order valence-corrected chi connectivity index (χ2v) is 35.5. The summed E-state index contributed by atoms with van der Waals surface area (Å²) in [5.74, 6) is 10.7. The van der Waals surface area contributed by atoms with Gasteiger partial charge in [-0.2, -0.15) is 31.4 Å². The fourth-order valence-corrected chi connectivity index (χ4v) is 12.4. The number of nitrogen functional groups attached to an aromatic ring is 2. The van der Waals surface area contributed by atoms with Crippen LogP contribution in [0.25, 0.3) is 19.4 Å². The van der Waals surface area contributed by atoms with Gasteiger partial charge < -0.3 is 42.2 Å². The Morgan fingerprint density at radius 1 is 0.395 bits per heavy atom. The Kier molecular flexibility index (Phi) is 41.0. The number of hydrogen-bond donors (Lipinski definition) is 2. The molecule has 10 aromatic rings. The van der Waals surface area contributed by atoms with E-state index >= 15 is 0 Å². The second kappa shape index (κ2) is 46.9. The Balaban J connectivity index is 0.000000471. The molecule has 0 aliphatic carbocycles. The van der Waals surface area contributed by atoms with Crippen molar-refractivity contribution in [2.75, 3.05) is 11.7 Å². The lowest BCUT2D eigenvalue weighted by Crippen LogP contribution is -3.00. The first kappa shape index (κ1) is 104. The minimum absolute atomic E-state index is 0. The van der Waals surface area contributed by atoms with Gasteiger partial charge in [0.2, 0.25) is 12.9 Å². The highest BCUT2D eigenvalue weighted by molar-refractivity contribution is 9.09. The standard InChI is InChI=1S/C17H19N5.C17H24N5.C15H17BrN2.C15H18N2.C11H10N2.C9H10Br2.C9H12.C2H4N4.BrH/c1-16(2,10-18)14-6-13(9-22-12-20-11-21-22)7-15(8-14)17(3,4)19-5;1-16(2,3)14-6-13(9-22-12-21(19)11-20-22)7-15(8-14)17(4,5)10-18;1-14(2,10-17)12-6-11(9-16)7-13(8-12)15(3,4)18-5;1-11-7-12(14(2,3)10-16)9-13(8-11)15(4,5)17-6;1-9-5-10(3-4-12)7-11(6-9)8-13-2;1-7-2-8(5-10)4-9(3-7)6-11;1-7-4-8(2)6-9(3)5-7;3-6-1-4-5-2-6;/h6-8,11-12H,9H2,1-4H3;6-8,11-12H,9,19H2,1-5H3;6-8H,9H2,1-4H3;7-9H,1-5H3;5-7H,3,8H2,1H3;2-4H,5-6H2,1H3;4-6H,1-3H3;1-2H,3H2;1H/q;+1;;;;;;;/p-1. The van der Waals surface area contributed by atoms with Gasteiger partial charge in [-0.3, -0.25) is 5.84 Å². The summed E-state index contributed by atoms with van der Waals surface area (Å²) >= 11 is 10.3. The van der Waals surface area contributed by atoms with Crippen LogP contribution < -0.4 is 33.3 Å². The van der Waals surface area contributed by atoms with Crippen molar-refractivity contribution in [3.05, 3.63) is 328 Å². The zero-order valence-electron chi connectivity index (χ0n) is 73.3. The molecule has 622 valence electrons. The van der Waals surface area contributed by atoms with E-state index in [1.807, 2.05) is 184 Å². The topological polar surface area (TPSA) is 272 Å². The normalized spacial score (nSPS) is 10.9. The third-order valence-electron chi connectivity index (χ3n) is 18.8. The molecule has 20 nitrogen and oxygen atoms in total. The van der Waals surface area contributed by atoms with Crippen molar-refractivity contribution in [2.24, 2.45) is 0 Å². The van der Waals surface area contributed by atoms with Crippen LogP contribution in [0.15, 0.2) is 165 Å². The molecule has 0 amide bonds. The first-order valence-electron chi connectivity index (χ1n) is 38.1. The summed E-state index contributed by atoms with van der Waals surface area (Å²) in [5.41, 5.74) is 19.6. The largest absolute Gasteiger partial charge is 1.00 e. The highest BCUT2D eigenvalue weighted by Crippen LogP contribution is 2.36. The van der Waals surface area contributed by atoms with Gasteiger partial charge in [-0.25, -0.2) is 40.6 Å². The molecule has 0 saturated carbocycles. The van der Waals surface area contributed by atoms with Crippen LogP contribution in [0.5, 0.6) is 0 Å². The first-order valence-corrected chi connectivity index (χ1v) is 41.5. The lowest BCUT2D eigenvalue weighted by Gasteiger charge is -2.24. The molecule has 0 fully saturated rings. The fraction of sp³-hybridized carbons (Fsp3) is 0.400. The summed E-state index contributed by atoms with van der Waals surface area (Å²) in [4.78, 5) is 18.3. The Morgan fingerprint density at radius 3 is 1.06 bits per heavy atom. The predicted molar refractivity (Wildman–Crippen MR) is 484 cm³/mol. The molecular weight excluding hydrogens is 1740 g/mol. The maximum absolute atomic E-state index is 9.44. The maximum atomic E-state index is 9.44. The van der Waals surface area contributed by atoms with E-state index in [0.717, 1.165) is 93.9 Å². The van der Waals surface area contributed by atoms with Crippen LogP contribution in [-0.4, -0.2) is 39.4 Å². The summed E-state index contributed by atoms with van der Waals surface area (Å²) in [7, 11) is 0. The number of hydrogen-bond acceptors (Lipinski definition) is 12. The number of nitrogens with two attached hydrogens (primary N) is 2. The molecule has 24 heteroatoms. The van der Waals surface area contributed by atoms with E-state index in [1.54, 1.807) is 28.3 Å². The van der Waals surface area contributed by atoms with Crippen LogP contribution in [-0.2, 0) is 85.7 Å². The number of aromatic nitrogens is 9. The molecule has 3 heterocycles. The summed E-state index contributed by atoms with van der Waals surface area (Å²) in [6.45, 7) is 75.9. The quantitative estimate of drug-likeness (QED) is 0.0396. The molecule has 0 radical (unpaired) electrons. The van der Waals surface area contributed by atoms with Crippen molar-refractivity contribution in [2.45, 2.75) is 245 Å². The van der Waals surface area contributed by atoms with E-state index in [-0.39, 0.29) is 22.4 Å². The van der Waals surface area contributed by atoms with Crippen molar-refractivity contribution in [1.82, 2.24) is 39.4 Å². The minimum Gasteiger partial charge on any atom is -1.00 e. The summed E-state index contributed by atoms with van der Waals surface area (Å²) < 4.78 is 6.21. The number of nitrogens with zero attached hydrogens (tertiary/aromatic N) is 18. The monoisotopic (exact) mass is 1850 g/mol. The number of alkyl halides is 3. The molecule has 0 aliphatic heterocycles. The molecule has 0 bridgehead atoms. The van der Waals surface area contributed by atoms with Gasteiger partial charge in [-0.15, -0.1) is 19.6 Å². The minimum atomic E-state index is -0.626. The number of rotatable bonds is 16. The summed E-state index contributed by atoms with van der Waals surface area (Å²) in [6, 6.07) is 54.9. The highest BCUT2D eigenvalue weighted by atomic mass is 79.9. The Bertz CT molecular complexity index is 5140. The van der Waals surface area contributed by atoms with Crippen LogP contribution in [0.2, 0.25) is 0 Å². The van der Waals surface area contributed by atoms with Gasteiger partial charge in [0.25, 0.3) is 22.9 Å². The maximum Gasteiger partial charge on any atom is 0.286 e. The van der Waals surface area contributed by atoms with E-state index in [4.69, 9.17) is 43.2 Å².